The van der Waals surface area contributed by atoms with E-state index >= 15 is 0 Å². The van der Waals surface area contributed by atoms with Crippen molar-refractivity contribution in [1.82, 2.24) is 10.2 Å². The lowest BCUT2D eigenvalue weighted by molar-refractivity contribution is -0.134. The molecule has 2 aliphatic rings. The summed E-state index contributed by atoms with van der Waals surface area (Å²) < 4.78 is 16.2. The first kappa shape index (κ1) is 18.7. The fraction of sp³-hybridized carbons (Fsp3) is 0.579. The van der Waals surface area contributed by atoms with Gasteiger partial charge < -0.3 is 24.4 Å². The van der Waals surface area contributed by atoms with Gasteiger partial charge in [-0.05, 0) is 37.5 Å². The quantitative estimate of drug-likeness (QED) is 0.823. The molecule has 2 aliphatic heterocycles. The van der Waals surface area contributed by atoms with Crippen LogP contribution in [0.25, 0.3) is 0 Å². The average molecular weight is 362 g/mol. The molecule has 0 spiro atoms. The van der Waals surface area contributed by atoms with Gasteiger partial charge in [0.1, 0.15) is 11.9 Å². The molecule has 0 saturated carbocycles. The number of hydrogen-bond donors (Lipinski definition) is 1. The minimum atomic E-state index is -0.213. The monoisotopic (exact) mass is 362 g/mol. The maximum atomic E-state index is 12.4. The molecule has 142 valence electrons. The van der Waals surface area contributed by atoms with Gasteiger partial charge in [0, 0.05) is 25.8 Å². The standard InChI is InChI=1S/C19H26N2O5/c1-24-17-12-25-11-16(17)20-19(23)14-6-5-7-15(10-14)26-13-18(22)21-8-3-2-4-9-21/h5-7,10,16-17H,2-4,8-9,11-13H2,1H3,(H,20,23)/t16-,17-/m0/s1. The van der Waals surface area contributed by atoms with E-state index in [1.807, 2.05) is 4.90 Å². The SMILES string of the molecule is CO[C@H]1COC[C@@H]1NC(=O)c1cccc(OCC(=O)N2CCCCC2)c1. The van der Waals surface area contributed by atoms with Gasteiger partial charge >= 0.3 is 0 Å². The van der Waals surface area contributed by atoms with Crippen LogP contribution in [0.15, 0.2) is 24.3 Å². The van der Waals surface area contributed by atoms with Crippen molar-refractivity contribution in [2.45, 2.75) is 31.4 Å². The molecule has 0 aliphatic carbocycles. The van der Waals surface area contributed by atoms with E-state index in [1.54, 1.807) is 31.4 Å². The van der Waals surface area contributed by atoms with Crippen LogP contribution in [0.1, 0.15) is 29.6 Å². The molecule has 1 N–H and O–H groups in total. The van der Waals surface area contributed by atoms with E-state index in [4.69, 9.17) is 14.2 Å². The van der Waals surface area contributed by atoms with Gasteiger partial charge in [0.2, 0.25) is 0 Å². The summed E-state index contributed by atoms with van der Waals surface area (Å²) in [7, 11) is 1.60. The second-order valence-corrected chi connectivity index (χ2v) is 6.65. The van der Waals surface area contributed by atoms with Crippen LogP contribution in [0, 0.1) is 0 Å². The van der Waals surface area contributed by atoms with E-state index in [-0.39, 0.29) is 30.6 Å². The lowest BCUT2D eigenvalue weighted by atomic mass is 10.1. The van der Waals surface area contributed by atoms with E-state index in [0.717, 1.165) is 25.9 Å². The molecular formula is C19H26N2O5. The minimum absolute atomic E-state index is 0.00666. The highest BCUT2D eigenvalue weighted by molar-refractivity contribution is 5.94. The summed E-state index contributed by atoms with van der Waals surface area (Å²) in [5.74, 6) is 0.287. The molecule has 7 nitrogen and oxygen atoms in total. The maximum absolute atomic E-state index is 12.4. The van der Waals surface area contributed by atoms with Crippen LogP contribution in [-0.4, -0.2) is 68.9 Å². The van der Waals surface area contributed by atoms with E-state index < -0.39 is 0 Å². The van der Waals surface area contributed by atoms with Crippen molar-refractivity contribution in [1.29, 1.82) is 0 Å². The molecular weight excluding hydrogens is 336 g/mol. The van der Waals surface area contributed by atoms with Gasteiger partial charge in [0.15, 0.2) is 6.61 Å². The second kappa shape index (κ2) is 9.00. The predicted octanol–water partition coefficient (Wildman–Crippen LogP) is 1.22. The van der Waals surface area contributed by atoms with Crippen molar-refractivity contribution in [3.05, 3.63) is 29.8 Å². The highest BCUT2D eigenvalue weighted by atomic mass is 16.5. The number of hydrogen-bond acceptors (Lipinski definition) is 5. The normalized spacial score (nSPS) is 22.9. The van der Waals surface area contributed by atoms with Gasteiger partial charge in [0.05, 0.1) is 19.3 Å². The van der Waals surface area contributed by atoms with E-state index in [0.29, 0.717) is 24.5 Å². The molecule has 0 unspecified atom stereocenters. The number of benzene rings is 1. The summed E-state index contributed by atoms with van der Waals surface area (Å²) >= 11 is 0. The molecule has 2 amide bonds. The topological polar surface area (TPSA) is 77.1 Å². The number of piperidine rings is 1. The summed E-state index contributed by atoms with van der Waals surface area (Å²) in [6.45, 7) is 2.50. The van der Waals surface area contributed by atoms with Gasteiger partial charge in [-0.15, -0.1) is 0 Å². The molecule has 0 radical (unpaired) electrons. The number of methoxy groups -OCH3 is 1. The molecule has 2 fully saturated rings. The first-order valence-electron chi connectivity index (χ1n) is 9.09. The van der Waals surface area contributed by atoms with Crippen LogP contribution in [-0.2, 0) is 14.3 Å². The zero-order valence-electron chi connectivity index (χ0n) is 15.1. The third kappa shape index (κ3) is 4.74. The molecule has 2 atom stereocenters. The minimum Gasteiger partial charge on any atom is -0.484 e. The second-order valence-electron chi connectivity index (χ2n) is 6.65. The molecule has 2 heterocycles. The molecule has 0 aromatic heterocycles. The Morgan fingerprint density at radius 1 is 1.23 bits per heavy atom. The largest absolute Gasteiger partial charge is 0.484 e. The molecule has 1 aromatic carbocycles. The Morgan fingerprint density at radius 3 is 2.81 bits per heavy atom. The number of amides is 2. The van der Waals surface area contributed by atoms with Crippen LogP contribution in [0.3, 0.4) is 0 Å². The van der Waals surface area contributed by atoms with Gasteiger partial charge in [-0.3, -0.25) is 9.59 Å². The van der Waals surface area contributed by atoms with Gasteiger partial charge in [-0.1, -0.05) is 6.07 Å². The van der Waals surface area contributed by atoms with Crippen molar-refractivity contribution in [3.8, 4) is 5.75 Å². The fourth-order valence-corrected chi connectivity index (χ4v) is 3.26. The third-order valence-corrected chi connectivity index (χ3v) is 4.81. The number of rotatable bonds is 6. The van der Waals surface area contributed by atoms with Gasteiger partial charge in [-0.25, -0.2) is 0 Å². The number of likely N-dealkylation sites (tertiary alicyclic amines) is 1. The van der Waals surface area contributed by atoms with Crippen molar-refractivity contribution in [3.63, 3.8) is 0 Å². The van der Waals surface area contributed by atoms with Crippen LogP contribution < -0.4 is 10.1 Å². The molecule has 26 heavy (non-hydrogen) atoms. The van der Waals surface area contributed by atoms with Gasteiger partial charge in [0.25, 0.3) is 11.8 Å². The molecule has 1 aromatic rings. The van der Waals surface area contributed by atoms with Crippen molar-refractivity contribution in [2.75, 3.05) is 40.0 Å². The zero-order valence-corrected chi connectivity index (χ0v) is 15.1. The summed E-state index contributed by atoms with van der Waals surface area (Å²) in [5, 5.41) is 2.92. The fourth-order valence-electron chi connectivity index (χ4n) is 3.26. The summed E-state index contributed by atoms with van der Waals surface area (Å²) in [5.41, 5.74) is 0.481. The Bertz CT molecular complexity index is 630. The third-order valence-electron chi connectivity index (χ3n) is 4.81. The Morgan fingerprint density at radius 2 is 2.04 bits per heavy atom. The number of carbonyl (C=O) groups is 2. The highest BCUT2D eigenvalue weighted by Gasteiger charge is 2.29. The van der Waals surface area contributed by atoms with Crippen LogP contribution in [0.5, 0.6) is 5.75 Å². The van der Waals surface area contributed by atoms with E-state index in [9.17, 15) is 9.59 Å². The Balaban J connectivity index is 1.54. The van der Waals surface area contributed by atoms with E-state index in [1.165, 1.54) is 6.42 Å². The molecule has 7 heteroatoms. The lowest BCUT2D eigenvalue weighted by Crippen LogP contribution is -2.43. The Kier molecular flexibility index (Phi) is 6.46. The summed E-state index contributed by atoms with van der Waals surface area (Å²) in [6, 6.07) is 6.69. The molecule has 0 bridgehead atoms. The van der Waals surface area contributed by atoms with E-state index in [2.05, 4.69) is 5.32 Å². The molecule has 3 rings (SSSR count). The van der Waals surface area contributed by atoms with Crippen molar-refractivity contribution in [2.24, 2.45) is 0 Å². The number of nitrogens with one attached hydrogen (secondary N) is 1. The number of nitrogens with zero attached hydrogens (tertiary/aromatic N) is 1. The summed E-state index contributed by atoms with van der Waals surface area (Å²) in [6.07, 6.45) is 3.14. The van der Waals surface area contributed by atoms with Crippen molar-refractivity contribution < 1.29 is 23.8 Å². The first-order chi connectivity index (χ1) is 12.7. The molecule has 2 saturated heterocycles. The Hall–Kier alpha value is -2.12. The zero-order chi connectivity index (χ0) is 18.4. The van der Waals surface area contributed by atoms with Crippen LogP contribution in [0.4, 0.5) is 0 Å². The average Bonchev–Trinajstić information content (AvgIpc) is 3.14. The Labute approximate surface area is 153 Å². The summed E-state index contributed by atoms with van der Waals surface area (Å²) in [4.78, 5) is 26.5. The number of carbonyl (C=O) groups excluding carboxylic acids is 2. The van der Waals surface area contributed by atoms with Crippen LogP contribution in [0.2, 0.25) is 0 Å². The smallest absolute Gasteiger partial charge is 0.260 e. The van der Waals surface area contributed by atoms with Crippen molar-refractivity contribution >= 4 is 11.8 Å². The number of ether oxygens (including phenoxy) is 3. The highest BCUT2D eigenvalue weighted by Crippen LogP contribution is 2.16. The predicted molar refractivity (Wildman–Crippen MR) is 95.2 cm³/mol. The van der Waals surface area contributed by atoms with Crippen LogP contribution >= 0.6 is 0 Å². The first-order valence-corrected chi connectivity index (χ1v) is 9.09. The maximum Gasteiger partial charge on any atom is 0.260 e. The van der Waals surface area contributed by atoms with Gasteiger partial charge in [-0.2, -0.15) is 0 Å². The lowest BCUT2D eigenvalue weighted by Gasteiger charge is -2.26.